The van der Waals surface area contributed by atoms with Crippen LogP contribution >= 0.6 is 11.3 Å². The predicted molar refractivity (Wildman–Crippen MR) is 84.7 cm³/mol. The van der Waals surface area contributed by atoms with Crippen LogP contribution in [0.5, 0.6) is 0 Å². The van der Waals surface area contributed by atoms with Crippen molar-refractivity contribution >= 4 is 17.3 Å². The summed E-state index contributed by atoms with van der Waals surface area (Å²) in [6, 6.07) is 7.02. The third-order valence-corrected chi connectivity index (χ3v) is 4.11. The molecule has 0 aliphatic rings. The molecule has 0 aliphatic heterocycles. The fraction of sp³-hybridized carbons (Fsp3) is 0.375. The molecule has 0 amide bonds. The van der Waals surface area contributed by atoms with E-state index in [-0.39, 0.29) is 0 Å². The first kappa shape index (κ1) is 15.7. The van der Waals surface area contributed by atoms with Crippen LogP contribution < -0.4 is 0 Å². The van der Waals surface area contributed by atoms with Gasteiger partial charge in [0.15, 0.2) is 0 Å². The van der Waals surface area contributed by atoms with Gasteiger partial charge in [0, 0.05) is 18.5 Å². The molecular weight excluding hydrogens is 284 g/mol. The van der Waals surface area contributed by atoms with E-state index in [2.05, 4.69) is 22.2 Å². The Kier molecular flexibility index (Phi) is 5.47. The smallest absolute Gasteiger partial charge is 0.335 e. The number of aromatic carboxylic acids is 1. The molecule has 1 N–H and O–H groups in total. The summed E-state index contributed by atoms with van der Waals surface area (Å²) in [5.74, 6) is -0.888. The van der Waals surface area contributed by atoms with Crippen molar-refractivity contribution in [1.29, 1.82) is 0 Å². The molecule has 0 fully saturated rings. The summed E-state index contributed by atoms with van der Waals surface area (Å²) in [5.41, 5.74) is 2.53. The van der Waals surface area contributed by atoms with Gasteiger partial charge in [0.05, 0.1) is 16.3 Å². The fourth-order valence-corrected chi connectivity index (χ4v) is 3.04. The molecule has 0 saturated heterocycles. The van der Waals surface area contributed by atoms with E-state index in [1.807, 2.05) is 19.2 Å². The molecule has 0 bridgehead atoms. The van der Waals surface area contributed by atoms with Crippen LogP contribution in [0, 0.1) is 0 Å². The standard InChI is InChI=1S/C16H20N2O2S/c1-3-4-15-17-14(11-21-15)10-18(2)9-12-5-7-13(8-6-12)16(19)20/h5-8,11H,3-4,9-10H2,1-2H3,(H,19,20). The van der Waals surface area contributed by atoms with Gasteiger partial charge in [-0.2, -0.15) is 0 Å². The molecule has 0 saturated carbocycles. The van der Waals surface area contributed by atoms with Gasteiger partial charge in [-0.1, -0.05) is 19.1 Å². The average Bonchev–Trinajstić information content (AvgIpc) is 2.87. The lowest BCUT2D eigenvalue weighted by atomic mass is 10.1. The molecule has 0 atom stereocenters. The zero-order chi connectivity index (χ0) is 15.2. The number of hydrogen-bond acceptors (Lipinski definition) is 4. The fourth-order valence-electron chi connectivity index (χ4n) is 2.15. The maximum absolute atomic E-state index is 10.8. The second kappa shape index (κ2) is 7.33. The molecule has 112 valence electrons. The molecule has 0 unspecified atom stereocenters. The van der Waals surface area contributed by atoms with Gasteiger partial charge >= 0.3 is 5.97 Å². The lowest BCUT2D eigenvalue weighted by Gasteiger charge is -2.15. The lowest BCUT2D eigenvalue weighted by molar-refractivity contribution is 0.0697. The first-order chi connectivity index (χ1) is 10.1. The van der Waals surface area contributed by atoms with Crippen molar-refractivity contribution < 1.29 is 9.90 Å². The average molecular weight is 304 g/mol. The van der Waals surface area contributed by atoms with E-state index in [1.165, 1.54) is 5.01 Å². The number of thiazole rings is 1. The zero-order valence-corrected chi connectivity index (χ0v) is 13.2. The van der Waals surface area contributed by atoms with Crippen LogP contribution in [0.25, 0.3) is 0 Å². The number of nitrogens with zero attached hydrogens (tertiary/aromatic N) is 2. The van der Waals surface area contributed by atoms with E-state index in [1.54, 1.807) is 23.5 Å². The number of aromatic nitrogens is 1. The summed E-state index contributed by atoms with van der Waals surface area (Å²) in [4.78, 5) is 17.6. The Morgan fingerprint density at radius 3 is 2.62 bits per heavy atom. The minimum Gasteiger partial charge on any atom is -0.478 e. The number of benzene rings is 1. The summed E-state index contributed by atoms with van der Waals surface area (Å²) < 4.78 is 0. The molecule has 21 heavy (non-hydrogen) atoms. The Bertz CT molecular complexity index is 593. The van der Waals surface area contributed by atoms with Gasteiger partial charge in [0.1, 0.15) is 0 Å². The monoisotopic (exact) mass is 304 g/mol. The molecule has 0 radical (unpaired) electrons. The van der Waals surface area contributed by atoms with Crippen LogP contribution in [0.2, 0.25) is 0 Å². The first-order valence-electron chi connectivity index (χ1n) is 7.02. The van der Waals surface area contributed by atoms with Crippen LogP contribution in [0.3, 0.4) is 0 Å². The zero-order valence-electron chi connectivity index (χ0n) is 12.4. The van der Waals surface area contributed by atoms with Crippen molar-refractivity contribution in [2.45, 2.75) is 32.9 Å². The quantitative estimate of drug-likeness (QED) is 0.851. The van der Waals surface area contributed by atoms with Crippen LogP contribution in [-0.4, -0.2) is 28.0 Å². The maximum atomic E-state index is 10.8. The van der Waals surface area contributed by atoms with Gasteiger partial charge in [-0.3, -0.25) is 4.90 Å². The van der Waals surface area contributed by atoms with Gasteiger partial charge in [-0.15, -0.1) is 11.3 Å². The first-order valence-corrected chi connectivity index (χ1v) is 7.90. The Hall–Kier alpha value is -1.72. The molecule has 1 aromatic heterocycles. The largest absolute Gasteiger partial charge is 0.478 e. The van der Waals surface area contributed by atoms with Crippen LogP contribution in [0.1, 0.15) is 40.0 Å². The number of carbonyl (C=O) groups is 1. The third-order valence-electron chi connectivity index (χ3n) is 3.15. The Labute approximate surface area is 129 Å². The number of carboxylic acids is 1. The van der Waals surface area contributed by atoms with Crippen molar-refractivity contribution in [2.75, 3.05) is 7.05 Å². The lowest BCUT2D eigenvalue weighted by Crippen LogP contribution is -2.17. The number of hydrogen-bond donors (Lipinski definition) is 1. The van der Waals surface area contributed by atoms with Crippen molar-refractivity contribution in [3.63, 3.8) is 0 Å². The topological polar surface area (TPSA) is 53.4 Å². The van der Waals surface area contributed by atoms with Gasteiger partial charge in [0.25, 0.3) is 0 Å². The van der Waals surface area contributed by atoms with Gasteiger partial charge in [0.2, 0.25) is 0 Å². The molecule has 1 heterocycles. The highest BCUT2D eigenvalue weighted by Gasteiger charge is 2.07. The molecule has 0 spiro atoms. The summed E-state index contributed by atoms with van der Waals surface area (Å²) >= 11 is 1.72. The second-order valence-electron chi connectivity index (χ2n) is 5.16. The molecule has 1 aromatic carbocycles. The van der Waals surface area contributed by atoms with Crippen LogP contribution in [0.4, 0.5) is 0 Å². The summed E-state index contributed by atoms with van der Waals surface area (Å²) in [6.07, 6.45) is 2.17. The Morgan fingerprint density at radius 2 is 2.00 bits per heavy atom. The Morgan fingerprint density at radius 1 is 1.29 bits per heavy atom. The van der Waals surface area contributed by atoms with Crippen molar-refractivity contribution in [3.8, 4) is 0 Å². The summed E-state index contributed by atoms with van der Waals surface area (Å²) in [6.45, 7) is 3.75. The minimum absolute atomic E-state index is 0.324. The van der Waals surface area contributed by atoms with Crippen molar-refractivity contribution in [1.82, 2.24) is 9.88 Å². The molecular formula is C16H20N2O2S. The molecule has 4 nitrogen and oxygen atoms in total. The highest BCUT2D eigenvalue weighted by atomic mass is 32.1. The SMILES string of the molecule is CCCc1nc(CN(C)Cc2ccc(C(=O)O)cc2)cs1. The van der Waals surface area contributed by atoms with Gasteiger partial charge in [-0.25, -0.2) is 9.78 Å². The van der Waals surface area contributed by atoms with Gasteiger partial charge < -0.3 is 5.11 Å². The van der Waals surface area contributed by atoms with Gasteiger partial charge in [-0.05, 0) is 37.6 Å². The Balaban J connectivity index is 1.91. The highest BCUT2D eigenvalue weighted by Crippen LogP contribution is 2.14. The maximum Gasteiger partial charge on any atom is 0.335 e. The normalized spacial score (nSPS) is 11.0. The van der Waals surface area contributed by atoms with E-state index in [9.17, 15) is 4.79 Å². The molecule has 5 heteroatoms. The molecule has 0 aliphatic carbocycles. The van der Waals surface area contributed by atoms with Crippen LogP contribution in [0.15, 0.2) is 29.6 Å². The van der Waals surface area contributed by atoms with E-state index in [0.29, 0.717) is 5.56 Å². The highest BCUT2D eigenvalue weighted by molar-refractivity contribution is 7.09. The third kappa shape index (κ3) is 4.65. The number of rotatable bonds is 7. The molecule has 2 aromatic rings. The number of aryl methyl sites for hydroxylation is 1. The van der Waals surface area contributed by atoms with Crippen molar-refractivity contribution in [2.24, 2.45) is 0 Å². The number of carboxylic acid groups (broad SMARTS) is 1. The minimum atomic E-state index is -0.888. The van der Waals surface area contributed by atoms with Crippen molar-refractivity contribution in [3.05, 3.63) is 51.5 Å². The molecule has 2 rings (SSSR count). The second-order valence-corrected chi connectivity index (χ2v) is 6.10. The van der Waals surface area contributed by atoms with E-state index >= 15 is 0 Å². The summed E-state index contributed by atoms with van der Waals surface area (Å²) in [7, 11) is 2.05. The van der Waals surface area contributed by atoms with E-state index < -0.39 is 5.97 Å². The van der Waals surface area contributed by atoms with E-state index in [4.69, 9.17) is 5.11 Å². The summed E-state index contributed by atoms with van der Waals surface area (Å²) in [5, 5.41) is 12.2. The van der Waals surface area contributed by atoms with E-state index in [0.717, 1.165) is 37.2 Å². The van der Waals surface area contributed by atoms with Crippen LogP contribution in [-0.2, 0) is 19.5 Å². The predicted octanol–water partition coefficient (Wildman–Crippen LogP) is 3.43.